The third-order valence-corrected chi connectivity index (χ3v) is 1.32. The molecule has 1 heterocycles. The molecule has 5 heteroatoms. The van der Waals surface area contributed by atoms with Gasteiger partial charge in [0, 0.05) is 11.6 Å². The second-order valence-electron chi connectivity index (χ2n) is 0.921. The quantitative estimate of drug-likeness (QED) is 0.580. The molecule has 0 atom stereocenters. The second kappa shape index (κ2) is 5.53. The maximum absolute atomic E-state index is 8.58. The van der Waals surface area contributed by atoms with Gasteiger partial charge < -0.3 is 5.73 Å². The van der Waals surface area contributed by atoms with E-state index >= 15 is 0 Å². The summed E-state index contributed by atoms with van der Waals surface area (Å²) in [7, 11) is 0. The summed E-state index contributed by atoms with van der Waals surface area (Å²) >= 11 is 6.79. The van der Waals surface area contributed by atoms with Crippen molar-refractivity contribution >= 4 is 29.3 Å². The number of aromatic nitrogens is 1. The van der Waals surface area contributed by atoms with Crippen molar-refractivity contribution in [1.82, 2.24) is 4.98 Å². The number of thiazole rings is 1. The van der Waals surface area contributed by atoms with Crippen LogP contribution in [0.5, 0.6) is 0 Å². The van der Waals surface area contributed by atoms with Crippen LogP contribution in [0.4, 0.5) is 0 Å². The summed E-state index contributed by atoms with van der Waals surface area (Å²) in [5.74, 6) is 0. The van der Waals surface area contributed by atoms with Crippen LogP contribution in [0.25, 0.3) is 0 Å². The number of hydrogen-bond acceptors (Lipinski definition) is 3. The summed E-state index contributed by atoms with van der Waals surface area (Å²) in [4.78, 5) is 12.3. The van der Waals surface area contributed by atoms with Crippen LogP contribution in [0.2, 0.25) is 4.47 Å². The molecule has 2 N–H and O–H groups in total. The van der Waals surface area contributed by atoms with E-state index in [0.717, 1.165) is 0 Å². The van der Waals surface area contributed by atoms with Crippen LogP contribution in [-0.4, -0.2) is 11.4 Å². The van der Waals surface area contributed by atoms with Gasteiger partial charge in [0.25, 0.3) is 0 Å². The molecular formula is C4H5ClN2OS. The molecule has 0 aliphatic carbocycles. The van der Waals surface area contributed by atoms with E-state index < -0.39 is 0 Å². The van der Waals surface area contributed by atoms with E-state index in [2.05, 4.69) is 10.7 Å². The molecule has 0 saturated heterocycles. The fraction of sp³-hybridized carbons (Fsp3) is 0. The average molecular weight is 165 g/mol. The lowest BCUT2D eigenvalue weighted by Crippen LogP contribution is -1.82. The molecule has 1 amide bonds. The maximum atomic E-state index is 8.58. The number of halogens is 1. The number of nitrogens with two attached hydrogens (primary N) is 1. The van der Waals surface area contributed by atoms with Gasteiger partial charge in [0.15, 0.2) is 4.47 Å². The molecule has 0 fully saturated rings. The Morgan fingerprint density at radius 3 is 2.56 bits per heavy atom. The molecular weight excluding hydrogens is 160 g/mol. The van der Waals surface area contributed by atoms with Crippen LogP contribution in [-0.2, 0) is 4.79 Å². The Morgan fingerprint density at radius 1 is 1.89 bits per heavy atom. The Labute approximate surface area is 61.5 Å². The SMILES string of the molecule is Clc1nccs1.NC=O. The molecule has 1 aromatic rings. The summed E-state index contributed by atoms with van der Waals surface area (Å²) in [6.07, 6.45) is 1.92. The Kier molecular flexibility index (Phi) is 5.15. The molecule has 0 bridgehead atoms. The van der Waals surface area contributed by atoms with Gasteiger partial charge in [-0.2, -0.15) is 0 Å². The first kappa shape index (κ1) is 8.39. The van der Waals surface area contributed by atoms with Gasteiger partial charge in [0.1, 0.15) is 0 Å². The van der Waals surface area contributed by atoms with Crippen LogP contribution in [0, 0.1) is 0 Å². The van der Waals surface area contributed by atoms with Crippen molar-refractivity contribution in [1.29, 1.82) is 0 Å². The van der Waals surface area contributed by atoms with E-state index in [0.29, 0.717) is 4.47 Å². The smallest absolute Gasteiger partial charge is 0.204 e. The van der Waals surface area contributed by atoms with Crippen LogP contribution in [0.15, 0.2) is 11.6 Å². The van der Waals surface area contributed by atoms with Gasteiger partial charge in [-0.15, -0.1) is 11.3 Å². The zero-order chi connectivity index (χ0) is 7.11. The third kappa shape index (κ3) is 5.26. The van der Waals surface area contributed by atoms with E-state index in [1.807, 2.05) is 5.38 Å². The molecule has 3 nitrogen and oxygen atoms in total. The Balaban J connectivity index is 0.000000187. The molecule has 1 aromatic heterocycles. The molecule has 0 aliphatic heterocycles. The van der Waals surface area contributed by atoms with Crippen molar-refractivity contribution in [3.63, 3.8) is 0 Å². The Bertz CT molecular complexity index is 154. The molecule has 0 unspecified atom stereocenters. The number of nitrogens with zero attached hydrogens (tertiary/aromatic N) is 1. The fourth-order valence-corrected chi connectivity index (χ4v) is 0.772. The van der Waals surface area contributed by atoms with Gasteiger partial charge in [0.2, 0.25) is 6.41 Å². The molecule has 50 valence electrons. The summed E-state index contributed by atoms with van der Waals surface area (Å²) < 4.78 is 0.606. The van der Waals surface area contributed by atoms with E-state index in [9.17, 15) is 0 Å². The van der Waals surface area contributed by atoms with Crippen molar-refractivity contribution in [2.45, 2.75) is 0 Å². The number of carbonyl (C=O) groups is 1. The first-order valence-corrected chi connectivity index (χ1v) is 3.27. The minimum absolute atomic E-state index is 0.250. The minimum atomic E-state index is 0.250. The predicted octanol–water partition coefficient (Wildman–Crippen LogP) is 0.898. The second-order valence-corrected chi connectivity index (χ2v) is 2.40. The lowest BCUT2D eigenvalue weighted by molar-refractivity contribution is -0.106. The Hall–Kier alpha value is -0.610. The van der Waals surface area contributed by atoms with Gasteiger partial charge in [-0.3, -0.25) is 4.79 Å². The number of carbonyl (C=O) groups excluding carboxylic acids is 1. The average Bonchev–Trinajstić information content (AvgIpc) is 2.20. The van der Waals surface area contributed by atoms with Crippen molar-refractivity contribution < 1.29 is 4.79 Å². The maximum Gasteiger partial charge on any atom is 0.204 e. The predicted molar refractivity (Wildman–Crippen MR) is 37.4 cm³/mol. The monoisotopic (exact) mass is 164 g/mol. The normalized spacial score (nSPS) is 7.22. The summed E-state index contributed by atoms with van der Waals surface area (Å²) in [5, 5.41) is 1.84. The standard InChI is InChI=1S/C3H2ClNS.CH3NO/c4-3-5-1-2-6-3;2-1-3/h1-2H;1H,(H2,2,3). The summed E-state index contributed by atoms with van der Waals surface area (Å²) in [5.41, 5.74) is 4.17. The number of hydrogen-bond donors (Lipinski definition) is 1. The van der Waals surface area contributed by atoms with E-state index in [4.69, 9.17) is 16.4 Å². The van der Waals surface area contributed by atoms with Crippen LogP contribution < -0.4 is 5.73 Å². The highest BCUT2D eigenvalue weighted by Gasteiger charge is 1.79. The molecule has 0 saturated carbocycles. The Morgan fingerprint density at radius 2 is 2.44 bits per heavy atom. The molecule has 0 aromatic carbocycles. The van der Waals surface area contributed by atoms with E-state index in [1.165, 1.54) is 11.3 Å². The topological polar surface area (TPSA) is 56.0 Å². The van der Waals surface area contributed by atoms with Crippen LogP contribution in [0.3, 0.4) is 0 Å². The third-order valence-electron chi connectivity index (χ3n) is 0.402. The number of rotatable bonds is 0. The summed E-state index contributed by atoms with van der Waals surface area (Å²) in [6.45, 7) is 0. The van der Waals surface area contributed by atoms with Gasteiger partial charge in [-0.1, -0.05) is 11.6 Å². The van der Waals surface area contributed by atoms with E-state index in [1.54, 1.807) is 6.20 Å². The highest BCUT2D eigenvalue weighted by molar-refractivity contribution is 7.13. The van der Waals surface area contributed by atoms with Crippen LogP contribution in [0.1, 0.15) is 0 Å². The molecule has 9 heavy (non-hydrogen) atoms. The highest BCUT2D eigenvalue weighted by Crippen LogP contribution is 2.08. The molecule has 1 rings (SSSR count). The first-order valence-electron chi connectivity index (χ1n) is 2.01. The van der Waals surface area contributed by atoms with Crippen LogP contribution >= 0.6 is 22.9 Å². The van der Waals surface area contributed by atoms with Gasteiger partial charge in [-0.25, -0.2) is 4.98 Å². The van der Waals surface area contributed by atoms with Crippen molar-refractivity contribution in [2.75, 3.05) is 0 Å². The summed E-state index contributed by atoms with van der Waals surface area (Å²) in [6, 6.07) is 0. The van der Waals surface area contributed by atoms with Crippen molar-refractivity contribution in [3.05, 3.63) is 16.0 Å². The zero-order valence-corrected chi connectivity index (χ0v) is 6.02. The van der Waals surface area contributed by atoms with E-state index in [-0.39, 0.29) is 6.41 Å². The lowest BCUT2D eigenvalue weighted by atomic mass is 11.0. The zero-order valence-electron chi connectivity index (χ0n) is 4.45. The molecule has 0 aliphatic rings. The molecule has 0 radical (unpaired) electrons. The largest absolute Gasteiger partial charge is 0.372 e. The first-order chi connectivity index (χ1) is 4.31. The lowest BCUT2D eigenvalue weighted by Gasteiger charge is -1.61. The van der Waals surface area contributed by atoms with Gasteiger partial charge >= 0.3 is 0 Å². The minimum Gasteiger partial charge on any atom is -0.372 e. The van der Waals surface area contributed by atoms with Crippen molar-refractivity contribution in [3.8, 4) is 0 Å². The number of amides is 1. The molecule has 0 spiro atoms. The number of primary amides is 1. The highest BCUT2D eigenvalue weighted by atomic mass is 35.5. The van der Waals surface area contributed by atoms with Crippen molar-refractivity contribution in [2.24, 2.45) is 5.73 Å². The fourth-order valence-electron chi connectivity index (χ4n) is 0.206. The van der Waals surface area contributed by atoms with Gasteiger partial charge in [0.05, 0.1) is 0 Å². The van der Waals surface area contributed by atoms with Gasteiger partial charge in [-0.05, 0) is 0 Å².